The van der Waals surface area contributed by atoms with E-state index in [9.17, 15) is 9.59 Å². The maximum Gasteiger partial charge on any atom is 0.305 e. The van der Waals surface area contributed by atoms with Crippen LogP contribution in [0.4, 0.5) is 0 Å². The molecule has 0 spiro atoms. The maximum atomic E-state index is 11.7. The van der Waals surface area contributed by atoms with Crippen molar-refractivity contribution in [3.05, 3.63) is 33.3 Å². The van der Waals surface area contributed by atoms with Crippen molar-refractivity contribution < 1.29 is 19.4 Å². The van der Waals surface area contributed by atoms with Gasteiger partial charge in [-0.2, -0.15) is 0 Å². The number of ether oxygens (including phenoxy) is 1. The van der Waals surface area contributed by atoms with Crippen LogP contribution in [0.15, 0.2) is 22.7 Å². The molecule has 0 aliphatic rings. The summed E-state index contributed by atoms with van der Waals surface area (Å²) in [6, 6.07) is 4.91. The second-order valence-electron chi connectivity index (χ2n) is 3.64. The SMILES string of the molecule is O=C(O)CCOCCNC(=O)c1ccc(Br)c(Cl)c1. The number of amides is 1. The van der Waals surface area contributed by atoms with E-state index in [4.69, 9.17) is 21.4 Å². The number of aliphatic carboxylic acids is 1. The van der Waals surface area contributed by atoms with Crippen LogP contribution in [0.5, 0.6) is 0 Å². The minimum Gasteiger partial charge on any atom is -0.481 e. The zero-order valence-electron chi connectivity index (χ0n) is 9.99. The van der Waals surface area contributed by atoms with E-state index in [0.29, 0.717) is 17.1 Å². The molecule has 1 amide bonds. The second kappa shape index (κ2) is 8.14. The van der Waals surface area contributed by atoms with Gasteiger partial charge in [-0.15, -0.1) is 0 Å². The molecule has 1 aromatic carbocycles. The molecule has 0 radical (unpaired) electrons. The lowest BCUT2D eigenvalue weighted by Crippen LogP contribution is -2.27. The van der Waals surface area contributed by atoms with Crippen LogP contribution < -0.4 is 5.32 Å². The molecule has 0 atom stereocenters. The fraction of sp³-hybridized carbons (Fsp3) is 0.333. The highest BCUT2D eigenvalue weighted by Crippen LogP contribution is 2.22. The molecule has 0 bridgehead atoms. The zero-order valence-corrected chi connectivity index (χ0v) is 12.3. The first-order valence-corrected chi connectivity index (χ1v) is 6.70. The van der Waals surface area contributed by atoms with Crippen LogP contribution in [0.25, 0.3) is 0 Å². The number of carboxylic acid groups (broad SMARTS) is 1. The molecule has 5 nitrogen and oxygen atoms in total. The van der Waals surface area contributed by atoms with Gasteiger partial charge >= 0.3 is 5.97 Å². The number of carbonyl (C=O) groups excluding carboxylic acids is 1. The van der Waals surface area contributed by atoms with Crippen molar-refractivity contribution in [2.24, 2.45) is 0 Å². The van der Waals surface area contributed by atoms with E-state index < -0.39 is 5.97 Å². The molecule has 7 heteroatoms. The van der Waals surface area contributed by atoms with Gasteiger partial charge in [-0.1, -0.05) is 11.6 Å². The lowest BCUT2D eigenvalue weighted by molar-refractivity contribution is -0.138. The Morgan fingerprint density at radius 2 is 2.11 bits per heavy atom. The number of hydrogen-bond donors (Lipinski definition) is 2. The average Bonchev–Trinajstić information content (AvgIpc) is 2.36. The Kier molecular flexibility index (Phi) is 6.83. The lowest BCUT2D eigenvalue weighted by Gasteiger charge is -2.06. The molecule has 104 valence electrons. The van der Waals surface area contributed by atoms with E-state index >= 15 is 0 Å². The largest absolute Gasteiger partial charge is 0.481 e. The molecule has 0 saturated heterocycles. The molecular formula is C12H13BrClNO4. The summed E-state index contributed by atoms with van der Waals surface area (Å²) >= 11 is 9.12. The Morgan fingerprint density at radius 1 is 1.37 bits per heavy atom. The van der Waals surface area contributed by atoms with E-state index in [1.807, 2.05) is 0 Å². The molecule has 19 heavy (non-hydrogen) atoms. The first kappa shape index (κ1) is 15.9. The van der Waals surface area contributed by atoms with Crippen molar-refractivity contribution >= 4 is 39.4 Å². The van der Waals surface area contributed by atoms with Gasteiger partial charge in [0.05, 0.1) is 24.7 Å². The highest BCUT2D eigenvalue weighted by atomic mass is 79.9. The van der Waals surface area contributed by atoms with Crippen LogP contribution >= 0.6 is 27.5 Å². The molecule has 0 heterocycles. The smallest absolute Gasteiger partial charge is 0.305 e. The topological polar surface area (TPSA) is 75.6 Å². The molecule has 1 rings (SSSR count). The van der Waals surface area contributed by atoms with Crippen molar-refractivity contribution in [1.82, 2.24) is 5.32 Å². The van der Waals surface area contributed by atoms with Gasteiger partial charge in [-0.25, -0.2) is 0 Å². The molecule has 0 aromatic heterocycles. The van der Waals surface area contributed by atoms with Gasteiger partial charge in [0.2, 0.25) is 0 Å². The van der Waals surface area contributed by atoms with E-state index in [1.165, 1.54) is 0 Å². The molecule has 0 fully saturated rings. The van der Waals surface area contributed by atoms with Crippen LogP contribution in [0, 0.1) is 0 Å². The number of carbonyl (C=O) groups is 2. The van der Waals surface area contributed by atoms with Crippen LogP contribution in [0.1, 0.15) is 16.8 Å². The summed E-state index contributed by atoms with van der Waals surface area (Å²) < 4.78 is 5.77. The van der Waals surface area contributed by atoms with Gasteiger partial charge in [0.25, 0.3) is 5.91 Å². The van der Waals surface area contributed by atoms with Gasteiger partial charge in [0.15, 0.2) is 0 Å². The first-order valence-electron chi connectivity index (χ1n) is 5.53. The van der Waals surface area contributed by atoms with Gasteiger partial charge in [-0.3, -0.25) is 9.59 Å². The molecule has 0 aliphatic heterocycles. The Balaban J connectivity index is 2.27. The first-order chi connectivity index (χ1) is 9.00. The summed E-state index contributed by atoms with van der Waals surface area (Å²) in [5.74, 6) is -1.16. The van der Waals surface area contributed by atoms with E-state index in [0.717, 1.165) is 4.47 Å². The quantitative estimate of drug-likeness (QED) is 0.740. The predicted octanol–water partition coefficient (Wildman–Crippen LogP) is 2.32. The van der Waals surface area contributed by atoms with Crippen LogP contribution in [-0.4, -0.2) is 36.7 Å². The summed E-state index contributed by atoms with van der Waals surface area (Å²) in [4.78, 5) is 21.9. The molecule has 2 N–H and O–H groups in total. The van der Waals surface area contributed by atoms with Crippen molar-refractivity contribution in [2.75, 3.05) is 19.8 Å². The van der Waals surface area contributed by atoms with Gasteiger partial charge < -0.3 is 15.2 Å². The third-order valence-electron chi connectivity index (χ3n) is 2.17. The second-order valence-corrected chi connectivity index (χ2v) is 4.90. The van der Waals surface area contributed by atoms with Gasteiger partial charge in [0, 0.05) is 16.6 Å². The average molecular weight is 351 g/mol. The van der Waals surface area contributed by atoms with Gasteiger partial charge in [-0.05, 0) is 34.1 Å². The normalized spacial score (nSPS) is 10.2. The van der Waals surface area contributed by atoms with Crippen LogP contribution in [0.3, 0.4) is 0 Å². The summed E-state index contributed by atoms with van der Waals surface area (Å²) in [5, 5.41) is 11.5. The summed E-state index contributed by atoms with van der Waals surface area (Å²) in [6.45, 7) is 0.713. The fourth-order valence-corrected chi connectivity index (χ4v) is 1.66. The molecule has 0 saturated carbocycles. The monoisotopic (exact) mass is 349 g/mol. The number of nitrogens with one attached hydrogen (secondary N) is 1. The Morgan fingerprint density at radius 3 is 2.74 bits per heavy atom. The van der Waals surface area contributed by atoms with Crippen LogP contribution in [0.2, 0.25) is 5.02 Å². The molecular weight excluding hydrogens is 337 g/mol. The van der Waals surface area contributed by atoms with Crippen molar-refractivity contribution in [3.8, 4) is 0 Å². The number of carboxylic acids is 1. The number of hydrogen-bond acceptors (Lipinski definition) is 3. The molecule has 0 unspecified atom stereocenters. The third-order valence-corrected chi connectivity index (χ3v) is 3.41. The minimum absolute atomic E-state index is 0.0454. The Labute approximate surface area is 124 Å². The lowest BCUT2D eigenvalue weighted by atomic mass is 10.2. The van der Waals surface area contributed by atoms with E-state index in [1.54, 1.807) is 18.2 Å². The summed E-state index contributed by atoms with van der Waals surface area (Å²) in [5.41, 5.74) is 0.457. The maximum absolute atomic E-state index is 11.7. The Bertz CT molecular complexity index is 467. The Hall–Kier alpha value is -1.11. The highest BCUT2D eigenvalue weighted by molar-refractivity contribution is 9.10. The molecule has 1 aromatic rings. The molecule has 0 aliphatic carbocycles. The van der Waals surface area contributed by atoms with Crippen molar-refractivity contribution in [2.45, 2.75) is 6.42 Å². The number of rotatable bonds is 7. The van der Waals surface area contributed by atoms with E-state index in [2.05, 4.69) is 21.2 Å². The third kappa shape index (κ3) is 6.04. The van der Waals surface area contributed by atoms with Crippen molar-refractivity contribution in [1.29, 1.82) is 0 Å². The van der Waals surface area contributed by atoms with E-state index in [-0.39, 0.29) is 25.5 Å². The summed E-state index contributed by atoms with van der Waals surface area (Å²) in [6.07, 6.45) is -0.0454. The predicted molar refractivity (Wildman–Crippen MR) is 74.6 cm³/mol. The minimum atomic E-state index is -0.909. The highest BCUT2D eigenvalue weighted by Gasteiger charge is 2.07. The number of halogens is 2. The summed E-state index contributed by atoms with van der Waals surface area (Å²) in [7, 11) is 0. The van der Waals surface area contributed by atoms with Crippen molar-refractivity contribution in [3.63, 3.8) is 0 Å². The standard InChI is InChI=1S/C12H13BrClNO4/c13-9-2-1-8(7-10(9)14)12(18)15-4-6-19-5-3-11(16)17/h1-2,7H,3-6H2,(H,15,18)(H,16,17). The fourth-order valence-electron chi connectivity index (χ4n) is 1.24. The number of benzene rings is 1. The van der Waals surface area contributed by atoms with Gasteiger partial charge in [0.1, 0.15) is 0 Å². The zero-order chi connectivity index (χ0) is 14.3. The van der Waals surface area contributed by atoms with Crippen LogP contribution in [-0.2, 0) is 9.53 Å².